The number of carbonyl (C=O) groups is 1. The number of primary amides is 1. The zero-order chi connectivity index (χ0) is 22.1. The van der Waals surface area contributed by atoms with Gasteiger partial charge in [-0.3, -0.25) is 14.8 Å². The van der Waals surface area contributed by atoms with Gasteiger partial charge in [0.1, 0.15) is 6.04 Å². The molecular weight excluding hydrogens is 392 g/mol. The molecule has 0 bridgehead atoms. The maximum atomic E-state index is 12.2. The summed E-state index contributed by atoms with van der Waals surface area (Å²) in [7, 11) is 3.11. The Balaban J connectivity index is 1.68. The van der Waals surface area contributed by atoms with Crippen molar-refractivity contribution < 1.29 is 14.3 Å². The third-order valence-electron chi connectivity index (χ3n) is 5.21. The van der Waals surface area contributed by atoms with E-state index in [-0.39, 0.29) is 0 Å². The summed E-state index contributed by atoms with van der Waals surface area (Å²) in [6.45, 7) is 0.570. The van der Waals surface area contributed by atoms with Crippen molar-refractivity contribution in [3.63, 3.8) is 0 Å². The number of pyridine rings is 2. The number of hydrogen-bond donors (Lipinski definition) is 2. The summed E-state index contributed by atoms with van der Waals surface area (Å²) in [5.41, 5.74) is 9.97. The Labute approximate surface area is 182 Å². The molecule has 162 valence electrons. The molecule has 1 unspecified atom stereocenters. The van der Waals surface area contributed by atoms with Gasteiger partial charge in [0, 0.05) is 36.9 Å². The highest BCUT2D eigenvalue weighted by Gasteiger charge is 2.23. The Morgan fingerprint density at radius 2 is 1.74 bits per heavy atom. The van der Waals surface area contributed by atoms with Crippen LogP contribution in [0.25, 0.3) is 0 Å². The summed E-state index contributed by atoms with van der Waals surface area (Å²) in [4.78, 5) is 20.5. The molecule has 0 radical (unpaired) electrons. The first kappa shape index (κ1) is 22.2. The van der Waals surface area contributed by atoms with Crippen molar-refractivity contribution in [3.05, 3.63) is 83.4 Å². The number of nitrogens with zero attached hydrogens (tertiary/aromatic N) is 2. The standard InChI is InChI=1S/C24H28N4O3/c1-30-21-5-3-4-20(23(21)31-2)22(24(25)29)28-15-11-18-10-14-27-16-19(18)7-6-17-8-12-26-13-9-17/h3-5,8-10,12-14,16,22,28H,6-7,11,15H2,1-2H3,(H2,25,29). The molecule has 3 aromatic rings. The summed E-state index contributed by atoms with van der Waals surface area (Å²) >= 11 is 0. The topological polar surface area (TPSA) is 99.4 Å². The van der Waals surface area contributed by atoms with Crippen molar-refractivity contribution in [3.8, 4) is 11.5 Å². The largest absolute Gasteiger partial charge is 0.493 e. The fourth-order valence-electron chi connectivity index (χ4n) is 3.61. The van der Waals surface area contributed by atoms with Crippen LogP contribution in [0.1, 0.15) is 28.3 Å². The van der Waals surface area contributed by atoms with E-state index in [1.54, 1.807) is 38.9 Å². The van der Waals surface area contributed by atoms with Crippen LogP contribution in [0, 0.1) is 0 Å². The van der Waals surface area contributed by atoms with Gasteiger partial charge in [-0.2, -0.15) is 0 Å². The molecule has 0 saturated carbocycles. The predicted octanol–water partition coefficient (Wildman–Crippen LogP) is 2.64. The number of hydrogen-bond acceptors (Lipinski definition) is 6. The van der Waals surface area contributed by atoms with Gasteiger partial charge in [0.15, 0.2) is 11.5 Å². The molecule has 7 nitrogen and oxygen atoms in total. The molecule has 1 amide bonds. The maximum Gasteiger partial charge on any atom is 0.239 e. The van der Waals surface area contributed by atoms with Crippen molar-refractivity contribution in [2.24, 2.45) is 5.73 Å². The highest BCUT2D eigenvalue weighted by atomic mass is 16.5. The number of carbonyl (C=O) groups excluding carboxylic acids is 1. The van der Waals surface area contributed by atoms with E-state index in [1.807, 2.05) is 36.5 Å². The average Bonchev–Trinajstić information content (AvgIpc) is 2.81. The van der Waals surface area contributed by atoms with Crippen molar-refractivity contribution >= 4 is 5.91 Å². The van der Waals surface area contributed by atoms with Crippen molar-refractivity contribution in [1.29, 1.82) is 0 Å². The number of nitrogens with one attached hydrogen (secondary N) is 1. The lowest BCUT2D eigenvalue weighted by Gasteiger charge is -2.20. The first-order valence-electron chi connectivity index (χ1n) is 10.2. The van der Waals surface area contributed by atoms with Gasteiger partial charge in [-0.1, -0.05) is 12.1 Å². The zero-order valence-corrected chi connectivity index (χ0v) is 17.9. The van der Waals surface area contributed by atoms with Gasteiger partial charge in [-0.25, -0.2) is 0 Å². The van der Waals surface area contributed by atoms with E-state index in [1.165, 1.54) is 16.7 Å². The van der Waals surface area contributed by atoms with Gasteiger partial charge in [-0.15, -0.1) is 0 Å². The second kappa shape index (κ2) is 11.1. The second-order valence-electron chi connectivity index (χ2n) is 7.12. The van der Waals surface area contributed by atoms with Crippen LogP contribution >= 0.6 is 0 Å². The van der Waals surface area contributed by atoms with E-state index >= 15 is 0 Å². The highest BCUT2D eigenvalue weighted by Crippen LogP contribution is 2.34. The molecule has 1 atom stereocenters. The van der Waals surface area contributed by atoms with Crippen LogP contribution in [0.2, 0.25) is 0 Å². The number of nitrogens with two attached hydrogens (primary N) is 1. The Kier molecular flexibility index (Phi) is 7.95. The molecule has 0 aliphatic rings. The monoisotopic (exact) mass is 420 g/mol. The van der Waals surface area contributed by atoms with Gasteiger partial charge in [0.05, 0.1) is 14.2 Å². The molecule has 2 heterocycles. The molecule has 1 aromatic carbocycles. The number of para-hydroxylation sites is 1. The minimum Gasteiger partial charge on any atom is -0.493 e. The summed E-state index contributed by atoms with van der Waals surface area (Å²) in [5.74, 6) is 0.586. The van der Waals surface area contributed by atoms with E-state index in [2.05, 4.69) is 15.3 Å². The molecule has 3 N–H and O–H groups in total. The number of aromatic nitrogens is 2. The summed E-state index contributed by atoms with van der Waals surface area (Å²) < 4.78 is 10.8. The number of benzene rings is 1. The molecule has 31 heavy (non-hydrogen) atoms. The number of methoxy groups -OCH3 is 2. The Morgan fingerprint density at radius 3 is 2.45 bits per heavy atom. The lowest BCUT2D eigenvalue weighted by Crippen LogP contribution is -2.35. The molecule has 0 spiro atoms. The Morgan fingerprint density at radius 1 is 0.968 bits per heavy atom. The van der Waals surface area contributed by atoms with Gasteiger partial charge >= 0.3 is 0 Å². The molecule has 3 rings (SSSR count). The van der Waals surface area contributed by atoms with Gasteiger partial charge in [0.2, 0.25) is 5.91 Å². The fraction of sp³-hybridized carbons (Fsp3) is 0.292. The quantitative estimate of drug-likeness (QED) is 0.495. The summed E-state index contributed by atoms with van der Waals surface area (Å²) in [6.07, 6.45) is 9.86. The third kappa shape index (κ3) is 5.79. The van der Waals surface area contributed by atoms with Crippen molar-refractivity contribution in [2.45, 2.75) is 25.3 Å². The van der Waals surface area contributed by atoms with Crippen LogP contribution in [0.4, 0.5) is 0 Å². The average molecular weight is 421 g/mol. The first-order chi connectivity index (χ1) is 15.1. The fourth-order valence-corrected chi connectivity index (χ4v) is 3.61. The first-order valence-corrected chi connectivity index (χ1v) is 10.2. The highest BCUT2D eigenvalue weighted by molar-refractivity contribution is 5.82. The molecule has 2 aromatic heterocycles. The molecule has 0 fully saturated rings. The van der Waals surface area contributed by atoms with Crippen LogP contribution in [-0.4, -0.2) is 36.6 Å². The number of amides is 1. The molecule has 0 saturated heterocycles. The lowest BCUT2D eigenvalue weighted by molar-refractivity contribution is -0.120. The van der Waals surface area contributed by atoms with E-state index in [4.69, 9.17) is 15.2 Å². The third-order valence-corrected chi connectivity index (χ3v) is 5.21. The van der Waals surface area contributed by atoms with Gasteiger partial charge < -0.3 is 20.5 Å². The van der Waals surface area contributed by atoms with E-state index < -0.39 is 11.9 Å². The normalized spacial score (nSPS) is 11.7. The maximum absolute atomic E-state index is 12.2. The van der Waals surface area contributed by atoms with Crippen molar-refractivity contribution in [2.75, 3.05) is 20.8 Å². The van der Waals surface area contributed by atoms with E-state index in [0.717, 1.165) is 19.3 Å². The molecular formula is C24H28N4O3. The van der Waals surface area contributed by atoms with Crippen LogP contribution in [-0.2, 0) is 24.1 Å². The Hall–Kier alpha value is -3.45. The zero-order valence-electron chi connectivity index (χ0n) is 17.9. The summed E-state index contributed by atoms with van der Waals surface area (Å²) in [6, 6.07) is 10.8. The number of rotatable bonds is 11. The SMILES string of the molecule is COc1cccc(C(NCCc2ccncc2CCc2ccncc2)C(N)=O)c1OC. The Bertz CT molecular complexity index is 995. The van der Waals surface area contributed by atoms with Gasteiger partial charge in [0.25, 0.3) is 0 Å². The van der Waals surface area contributed by atoms with Crippen molar-refractivity contribution in [1.82, 2.24) is 15.3 Å². The smallest absolute Gasteiger partial charge is 0.239 e. The molecule has 7 heteroatoms. The van der Waals surface area contributed by atoms with Crippen LogP contribution in [0.5, 0.6) is 11.5 Å². The van der Waals surface area contributed by atoms with Gasteiger partial charge in [-0.05, 0) is 60.2 Å². The molecule has 0 aliphatic heterocycles. The van der Waals surface area contributed by atoms with E-state index in [0.29, 0.717) is 23.6 Å². The number of ether oxygens (including phenoxy) is 2. The molecule has 0 aliphatic carbocycles. The van der Waals surface area contributed by atoms with Crippen LogP contribution in [0.15, 0.2) is 61.2 Å². The van der Waals surface area contributed by atoms with E-state index in [9.17, 15) is 4.79 Å². The second-order valence-corrected chi connectivity index (χ2v) is 7.12. The summed E-state index contributed by atoms with van der Waals surface area (Å²) in [5, 5.41) is 3.27. The number of aryl methyl sites for hydroxylation is 2. The lowest BCUT2D eigenvalue weighted by atomic mass is 10.00. The van der Waals surface area contributed by atoms with Crippen LogP contribution in [0.3, 0.4) is 0 Å². The minimum absolute atomic E-state index is 0.473. The predicted molar refractivity (Wildman–Crippen MR) is 119 cm³/mol. The van der Waals surface area contributed by atoms with Crippen LogP contribution < -0.4 is 20.5 Å². The minimum atomic E-state index is -0.688.